The number of nitrogens with zero attached hydrogens (tertiary/aromatic N) is 1. The van der Waals surface area contributed by atoms with Crippen LogP contribution in [0.2, 0.25) is 0 Å². The summed E-state index contributed by atoms with van der Waals surface area (Å²) in [5, 5.41) is 2.97. The van der Waals surface area contributed by atoms with Gasteiger partial charge in [-0.25, -0.2) is 4.39 Å². The average molecular weight is 463 g/mol. The van der Waals surface area contributed by atoms with Gasteiger partial charge in [-0.05, 0) is 41.0 Å². The molecule has 1 aliphatic rings. The fourth-order valence-electron chi connectivity index (χ4n) is 3.86. The Bertz CT molecular complexity index is 1150. The summed E-state index contributed by atoms with van der Waals surface area (Å²) in [6.07, 6.45) is 0. The van der Waals surface area contributed by atoms with E-state index in [0.717, 1.165) is 11.1 Å². The second-order valence-corrected chi connectivity index (χ2v) is 8.47. The molecule has 1 N–H and O–H groups in total. The first-order chi connectivity index (χ1) is 16.4. The largest absolute Gasteiger partial charge is 0.454 e. The Morgan fingerprint density at radius 2 is 1.62 bits per heavy atom. The van der Waals surface area contributed by atoms with E-state index in [2.05, 4.69) is 5.32 Å². The Labute approximate surface area is 198 Å². The molecular weight excluding hydrogens is 435 g/mol. The van der Waals surface area contributed by atoms with Gasteiger partial charge < -0.3 is 19.7 Å². The molecule has 34 heavy (non-hydrogen) atoms. The highest BCUT2D eigenvalue weighted by molar-refractivity contribution is 5.89. The number of rotatable bonds is 8. The fourth-order valence-corrected chi connectivity index (χ4v) is 3.86. The predicted molar refractivity (Wildman–Crippen MR) is 125 cm³/mol. The summed E-state index contributed by atoms with van der Waals surface area (Å²) in [6, 6.07) is 19.8. The van der Waals surface area contributed by atoms with Crippen LogP contribution in [-0.2, 0) is 22.7 Å². The van der Waals surface area contributed by atoms with E-state index in [1.54, 1.807) is 30.9 Å². The Balaban J connectivity index is 1.61. The molecule has 0 saturated carbocycles. The van der Waals surface area contributed by atoms with Crippen molar-refractivity contribution < 1.29 is 23.5 Å². The third kappa shape index (κ3) is 5.36. The van der Waals surface area contributed by atoms with Gasteiger partial charge in [0.25, 0.3) is 0 Å². The topological polar surface area (TPSA) is 67.9 Å². The first kappa shape index (κ1) is 23.3. The van der Waals surface area contributed by atoms with Crippen LogP contribution < -0.4 is 14.8 Å². The molecule has 2 amide bonds. The fraction of sp³-hybridized carbons (Fsp3) is 0.259. The van der Waals surface area contributed by atoms with E-state index >= 15 is 0 Å². The summed E-state index contributed by atoms with van der Waals surface area (Å²) in [6.45, 7) is 4.21. The molecule has 7 heteroatoms. The van der Waals surface area contributed by atoms with Crippen molar-refractivity contribution in [2.45, 2.75) is 33.0 Å². The molecule has 0 bridgehead atoms. The van der Waals surface area contributed by atoms with E-state index in [1.807, 2.05) is 48.5 Å². The zero-order valence-corrected chi connectivity index (χ0v) is 19.2. The zero-order chi connectivity index (χ0) is 24.1. The minimum Gasteiger partial charge on any atom is -0.454 e. The second-order valence-electron chi connectivity index (χ2n) is 8.47. The van der Waals surface area contributed by atoms with Crippen LogP contribution in [0.1, 0.15) is 36.6 Å². The summed E-state index contributed by atoms with van der Waals surface area (Å²) in [5.41, 5.74) is 2.28. The van der Waals surface area contributed by atoms with Crippen LogP contribution in [0.5, 0.6) is 11.5 Å². The van der Waals surface area contributed by atoms with E-state index in [0.29, 0.717) is 17.1 Å². The molecule has 1 aliphatic heterocycles. The zero-order valence-electron chi connectivity index (χ0n) is 19.2. The Kier molecular flexibility index (Phi) is 7.11. The second kappa shape index (κ2) is 10.4. The molecule has 0 unspecified atom stereocenters. The summed E-state index contributed by atoms with van der Waals surface area (Å²) in [4.78, 5) is 28.4. The number of hydrogen-bond acceptors (Lipinski definition) is 4. The molecule has 0 fully saturated rings. The van der Waals surface area contributed by atoms with Crippen molar-refractivity contribution in [3.63, 3.8) is 0 Å². The molecule has 6 nitrogen and oxygen atoms in total. The molecule has 0 saturated heterocycles. The minimum atomic E-state index is -0.852. The maximum atomic E-state index is 13.5. The van der Waals surface area contributed by atoms with Gasteiger partial charge in [0.1, 0.15) is 11.9 Å². The van der Waals surface area contributed by atoms with Crippen LogP contribution in [0, 0.1) is 11.7 Å². The van der Waals surface area contributed by atoms with Gasteiger partial charge in [-0.3, -0.25) is 9.59 Å². The quantitative estimate of drug-likeness (QED) is 0.532. The Morgan fingerprint density at radius 3 is 2.32 bits per heavy atom. The van der Waals surface area contributed by atoms with Crippen LogP contribution >= 0.6 is 0 Å². The maximum absolute atomic E-state index is 13.5. The van der Waals surface area contributed by atoms with Gasteiger partial charge in [0.15, 0.2) is 11.5 Å². The number of ether oxygens (including phenoxy) is 2. The lowest BCUT2D eigenvalue weighted by Crippen LogP contribution is -2.44. The number of halogens is 1. The normalized spacial score (nSPS) is 12.9. The van der Waals surface area contributed by atoms with E-state index in [9.17, 15) is 14.0 Å². The SMILES string of the molecule is CC(C)C(=O)N(Cc1ccc(F)cc1)[C@@H](C(=O)NCc1ccc2c(c1)OCO2)c1ccccc1. The summed E-state index contributed by atoms with van der Waals surface area (Å²) < 4.78 is 24.2. The van der Waals surface area contributed by atoms with Gasteiger partial charge >= 0.3 is 0 Å². The number of carbonyl (C=O) groups excluding carboxylic acids is 2. The average Bonchev–Trinajstić information content (AvgIpc) is 3.32. The monoisotopic (exact) mass is 462 g/mol. The summed E-state index contributed by atoms with van der Waals surface area (Å²) in [7, 11) is 0. The van der Waals surface area contributed by atoms with E-state index in [-0.39, 0.29) is 43.4 Å². The van der Waals surface area contributed by atoms with Crippen molar-refractivity contribution in [3.05, 3.63) is 95.3 Å². The molecule has 1 atom stereocenters. The molecule has 0 aliphatic carbocycles. The number of benzene rings is 3. The van der Waals surface area contributed by atoms with Crippen molar-refractivity contribution in [2.75, 3.05) is 6.79 Å². The molecule has 0 radical (unpaired) electrons. The number of fused-ring (bicyclic) bond motifs is 1. The van der Waals surface area contributed by atoms with Gasteiger partial charge in [-0.2, -0.15) is 0 Å². The van der Waals surface area contributed by atoms with E-state index < -0.39 is 6.04 Å². The predicted octanol–water partition coefficient (Wildman–Crippen LogP) is 4.60. The number of hydrogen-bond donors (Lipinski definition) is 1. The summed E-state index contributed by atoms with van der Waals surface area (Å²) in [5.74, 6) is 0.154. The molecule has 3 aromatic carbocycles. The van der Waals surface area contributed by atoms with Crippen LogP contribution in [0.25, 0.3) is 0 Å². The van der Waals surface area contributed by atoms with Gasteiger partial charge in [0.2, 0.25) is 18.6 Å². The van der Waals surface area contributed by atoms with Gasteiger partial charge in [0.05, 0.1) is 0 Å². The molecule has 4 rings (SSSR count). The van der Waals surface area contributed by atoms with Crippen LogP contribution in [0.15, 0.2) is 72.8 Å². The van der Waals surface area contributed by atoms with Gasteiger partial charge in [-0.1, -0.05) is 62.4 Å². The first-order valence-corrected chi connectivity index (χ1v) is 11.2. The lowest BCUT2D eigenvalue weighted by Gasteiger charge is -2.33. The molecule has 0 spiro atoms. The van der Waals surface area contributed by atoms with Crippen molar-refractivity contribution in [1.82, 2.24) is 10.2 Å². The lowest BCUT2D eigenvalue weighted by molar-refractivity contribution is -0.144. The van der Waals surface area contributed by atoms with E-state index in [1.165, 1.54) is 12.1 Å². The van der Waals surface area contributed by atoms with Crippen molar-refractivity contribution in [1.29, 1.82) is 0 Å². The summed E-state index contributed by atoms with van der Waals surface area (Å²) >= 11 is 0. The van der Waals surface area contributed by atoms with Crippen molar-refractivity contribution in [3.8, 4) is 11.5 Å². The standard InChI is InChI=1S/C27H27FN2O4/c1-18(2)27(32)30(16-19-8-11-22(28)12-9-19)25(21-6-4-3-5-7-21)26(31)29-15-20-10-13-23-24(14-20)34-17-33-23/h3-14,18,25H,15-17H2,1-2H3,(H,29,31)/t25-/m1/s1. The Morgan fingerprint density at radius 1 is 0.941 bits per heavy atom. The van der Waals surface area contributed by atoms with Crippen LogP contribution in [0.3, 0.4) is 0 Å². The highest BCUT2D eigenvalue weighted by atomic mass is 19.1. The number of amides is 2. The van der Waals surface area contributed by atoms with Crippen molar-refractivity contribution in [2.24, 2.45) is 5.92 Å². The van der Waals surface area contributed by atoms with Crippen LogP contribution in [0.4, 0.5) is 4.39 Å². The Hall–Kier alpha value is -3.87. The highest BCUT2D eigenvalue weighted by Gasteiger charge is 2.32. The highest BCUT2D eigenvalue weighted by Crippen LogP contribution is 2.32. The third-order valence-corrected chi connectivity index (χ3v) is 5.62. The molecule has 0 aromatic heterocycles. The first-order valence-electron chi connectivity index (χ1n) is 11.2. The smallest absolute Gasteiger partial charge is 0.247 e. The lowest BCUT2D eigenvalue weighted by atomic mass is 10.0. The van der Waals surface area contributed by atoms with E-state index in [4.69, 9.17) is 9.47 Å². The van der Waals surface area contributed by atoms with Gasteiger partial charge in [0, 0.05) is 19.0 Å². The molecule has 176 valence electrons. The van der Waals surface area contributed by atoms with Gasteiger partial charge in [-0.15, -0.1) is 0 Å². The number of carbonyl (C=O) groups is 2. The van der Waals surface area contributed by atoms with Crippen LogP contribution in [-0.4, -0.2) is 23.5 Å². The molecule has 3 aromatic rings. The third-order valence-electron chi connectivity index (χ3n) is 5.62. The maximum Gasteiger partial charge on any atom is 0.247 e. The molecule has 1 heterocycles. The van der Waals surface area contributed by atoms with Crippen molar-refractivity contribution >= 4 is 11.8 Å². The number of nitrogens with one attached hydrogen (secondary N) is 1. The molecular formula is C27H27FN2O4. The minimum absolute atomic E-state index is 0.170.